The van der Waals surface area contributed by atoms with Crippen LogP contribution in [0.1, 0.15) is 152 Å². The average Bonchev–Trinajstić information content (AvgIpc) is 3.68. The molecule has 2 aromatic rings. The first-order valence-corrected chi connectivity index (χ1v) is 19.5. The zero-order valence-corrected chi connectivity index (χ0v) is 29.1. The van der Waals surface area contributed by atoms with Crippen LogP contribution in [-0.4, -0.2) is 37.9 Å². The Kier molecular flexibility index (Phi) is 16.5. The summed E-state index contributed by atoms with van der Waals surface area (Å²) in [7, 11) is 0. The van der Waals surface area contributed by atoms with Crippen molar-refractivity contribution in [1.29, 1.82) is 0 Å². The van der Waals surface area contributed by atoms with Crippen LogP contribution >= 0.6 is 22.7 Å². The fourth-order valence-electron chi connectivity index (χ4n) is 5.87. The summed E-state index contributed by atoms with van der Waals surface area (Å²) in [6, 6.07) is 0. The predicted molar refractivity (Wildman–Crippen MR) is 187 cm³/mol. The molecule has 4 heterocycles. The van der Waals surface area contributed by atoms with Crippen LogP contribution in [0.3, 0.4) is 0 Å². The van der Waals surface area contributed by atoms with Crippen molar-refractivity contribution in [3.63, 3.8) is 0 Å². The SMILES string of the molecule is CCCCCCCCCCC/C(=N\N=C(/CCCCCCCCCCC)c1scc2c1OCCO2)c1scc2c1OCCO2. The molecule has 2 aromatic heterocycles. The van der Waals surface area contributed by atoms with Crippen LogP contribution in [0, 0.1) is 0 Å². The van der Waals surface area contributed by atoms with Crippen LogP contribution in [0.4, 0.5) is 0 Å². The fourth-order valence-corrected chi connectivity index (χ4v) is 7.76. The van der Waals surface area contributed by atoms with Crippen LogP contribution < -0.4 is 18.9 Å². The highest BCUT2D eigenvalue weighted by Crippen LogP contribution is 2.42. The van der Waals surface area contributed by atoms with E-state index in [0.29, 0.717) is 26.4 Å². The highest BCUT2D eigenvalue weighted by atomic mass is 32.1. The summed E-state index contributed by atoms with van der Waals surface area (Å²) in [5, 5.41) is 14.1. The quantitative estimate of drug-likeness (QED) is 0.0686. The first kappa shape index (κ1) is 34.8. The molecule has 0 spiro atoms. The molecule has 0 saturated heterocycles. The second-order valence-electron chi connectivity index (χ2n) is 12.2. The minimum Gasteiger partial charge on any atom is -0.485 e. The summed E-state index contributed by atoms with van der Waals surface area (Å²) < 4.78 is 23.9. The van der Waals surface area contributed by atoms with Gasteiger partial charge < -0.3 is 18.9 Å². The molecule has 0 radical (unpaired) electrons. The molecule has 44 heavy (non-hydrogen) atoms. The van der Waals surface area contributed by atoms with E-state index in [9.17, 15) is 0 Å². The lowest BCUT2D eigenvalue weighted by Gasteiger charge is -2.17. The molecule has 246 valence electrons. The molecule has 2 aliphatic heterocycles. The molecule has 0 bridgehead atoms. The fraction of sp³-hybridized carbons (Fsp3) is 0.722. The third-order valence-corrected chi connectivity index (χ3v) is 10.4. The van der Waals surface area contributed by atoms with E-state index in [2.05, 4.69) is 24.6 Å². The van der Waals surface area contributed by atoms with Crippen molar-refractivity contribution < 1.29 is 18.9 Å². The molecule has 0 aliphatic carbocycles. The minimum atomic E-state index is 0.577. The van der Waals surface area contributed by atoms with E-state index < -0.39 is 0 Å². The van der Waals surface area contributed by atoms with Gasteiger partial charge in [0.05, 0.1) is 21.2 Å². The summed E-state index contributed by atoms with van der Waals surface area (Å²) in [5.41, 5.74) is 2.02. The van der Waals surface area contributed by atoms with Gasteiger partial charge in [0.1, 0.15) is 26.4 Å². The Labute approximate surface area is 274 Å². The standard InChI is InChI=1S/C36H56N2O4S2/c1-3-5-7-9-11-13-15-17-19-21-29(35-33-31(27-43-35)39-23-25-41-33)37-38-30(22-20-18-16-14-12-10-8-6-4-2)36-34-32(28-44-36)40-24-26-42-34/h27-28H,3-26H2,1-2H3/b37-29+,38-30+. The number of hydrogen-bond acceptors (Lipinski definition) is 8. The van der Waals surface area contributed by atoms with Crippen LogP contribution in [0.15, 0.2) is 21.0 Å². The van der Waals surface area contributed by atoms with Gasteiger partial charge in [-0.05, 0) is 25.7 Å². The molecule has 0 unspecified atom stereocenters. The molecule has 6 nitrogen and oxygen atoms in total. The molecule has 8 heteroatoms. The van der Waals surface area contributed by atoms with Gasteiger partial charge in [-0.3, -0.25) is 0 Å². The Balaban J connectivity index is 1.43. The monoisotopic (exact) mass is 644 g/mol. The Morgan fingerprint density at radius 3 is 1.23 bits per heavy atom. The van der Waals surface area contributed by atoms with Crippen molar-refractivity contribution in [2.75, 3.05) is 26.4 Å². The second kappa shape index (κ2) is 20.9. The summed E-state index contributed by atoms with van der Waals surface area (Å²) in [5.74, 6) is 3.37. The lowest BCUT2D eigenvalue weighted by atomic mass is 10.0. The van der Waals surface area contributed by atoms with E-state index in [4.69, 9.17) is 29.2 Å². The maximum Gasteiger partial charge on any atom is 0.181 e. The number of ether oxygens (including phenoxy) is 4. The van der Waals surface area contributed by atoms with Crippen LogP contribution in [-0.2, 0) is 0 Å². The van der Waals surface area contributed by atoms with Crippen LogP contribution in [0.2, 0.25) is 0 Å². The van der Waals surface area contributed by atoms with Gasteiger partial charge in [-0.2, -0.15) is 10.2 Å². The summed E-state index contributed by atoms with van der Waals surface area (Å²) in [6.45, 7) is 6.91. The van der Waals surface area contributed by atoms with Crippen molar-refractivity contribution in [3.05, 3.63) is 20.5 Å². The van der Waals surface area contributed by atoms with Gasteiger partial charge in [-0.1, -0.05) is 117 Å². The van der Waals surface area contributed by atoms with Crippen molar-refractivity contribution in [2.45, 2.75) is 142 Å². The smallest absolute Gasteiger partial charge is 0.181 e. The zero-order chi connectivity index (χ0) is 30.7. The van der Waals surface area contributed by atoms with Gasteiger partial charge >= 0.3 is 0 Å². The van der Waals surface area contributed by atoms with Crippen LogP contribution in [0.5, 0.6) is 23.0 Å². The van der Waals surface area contributed by atoms with E-state index in [1.165, 1.54) is 103 Å². The Hall–Kier alpha value is -2.06. The molecule has 0 fully saturated rings. The molecule has 4 rings (SSSR count). The second-order valence-corrected chi connectivity index (χ2v) is 13.9. The van der Waals surface area contributed by atoms with Crippen molar-refractivity contribution in [2.24, 2.45) is 10.2 Å². The minimum absolute atomic E-state index is 0.577. The first-order chi connectivity index (χ1) is 21.8. The number of unbranched alkanes of at least 4 members (excludes halogenated alkanes) is 16. The highest BCUT2D eigenvalue weighted by Gasteiger charge is 2.24. The van der Waals surface area contributed by atoms with Crippen molar-refractivity contribution in [3.8, 4) is 23.0 Å². The molecule has 0 N–H and O–H groups in total. The number of nitrogens with zero attached hydrogens (tertiary/aromatic N) is 2. The molecule has 0 atom stereocenters. The zero-order valence-electron chi connectivity index (χ0n) is 27.5. The van der Waals surface area contributed by atoms with Gasteiger partial charge in [0.15, 0.2) is 23.0 Å². The molecule has 0 amide bonds. The third-order valence-electron chi connectivity index (χ3n) is 8.45. The molecule has 0 aromatic carbocycles. The largest absolute Gasteiger partial charge is 0.485 e. The van der Waals surface area contributed by atoms with E-state index in [0.717, 1.165) is 69.9 Å². The number of hydrogen-bond donors (Lipinski definition) is 0. The van der Waals surface area contributed by atoms with E-state index >= 15 is 0 Å². The highest BCUT2D eigenvalue weighted by molar-refractivity contribution is 7.13. The topological polar surface area (TPSA) is 61.6 Å². The summed E-state index contributed by atoms with van der Waals surface area (Å²) in [4.78, 5) is 2.14. The maximum absolute atomic E-state index is 6.08. The van der Waals surface area contributed by atoms with Gasteiger partial charge in [-0.25, -0.2) is 0 Å². The van der Waals surface area contributed by atoms with Crippen molar-refractivity contribution >= 4 is 34.1 Å². The maximum atomic E-state index is 6.08. The van der Waals surface area contributed by atoms with Gasteiger partial charge in [0.2, 0.25) is 0 Å². The predicted octanol–water partition coefficient (Wildman–Crippen LogP) is 11.4. The number of rotatable bonds is 23. The van der Waals surface area contributed by atoms with E-state index in [-0.39, 0.29) is 0 Å². The van der Waals surface area contributed by atoms with Gasteiger partial charge in [-0.15, -0.1) is 22.7 Å². The Morgan fingerprint density at radius 2 is 0.841 bits per heavy atom. The van der Waals surface area contributed by atoms with Crippen LogP contribution in [0.25, 0.3) is 0 Å². The molecule has 0 saturated carbocycles. The van der Waals surface area contributed by atoms with Crippen molar-refractivity contribution in [1.82, 2.24) is 0 Å². The lowest BCUT2D eigenvalue weighted by molar-refractivity contribution is 0.173. The normalized spacial score (nSPS) is 14.8. The molecular formula is C36H56N2O4S2. The summed E-state index contributed by atoms with van der Waals surface area (Å²) >= 11 is 3.33. The Morgan fingerprint density at radius 1 is 0.500 bits per heavy atom. The lowest BCUT2D eigenvalue weighted by Crippen LogP contribution is -2.16. The molecule has 2 aliphatic rings. The molecular weight excluding hydrogens is 589 g/mol. The van der Waals surface area contributed by atoms with E-state index in [1.807, 2.05) is 0 Å². The van der Waals surface area contributed by atoms with Gasteiger partial charge in [0.25, 0.3) is 0 Å². The summed E-state index contributed by atoms with van der Waals surface area (Å²) in [6.07, 6.45) is 25.2. The number of fused-ring (bicyclic) bond motifs is 2. The average molecular weight is 645 g/mol. The number of thiophene rings is 2. The van der Waals surface area contributed by atoms with Gasteiger partial charge in [0, 0.05) is 10.8 Å². The first-order valence-electron chi connectivity index (χ1n) is 17.7. The Bertz CT molecular complexity index is 1050. The third kappa shape index (κ3) is 11.4. The van der Waals surface area contributed by atoms with E-state index in [1.54, 1.807) is 22.7 Å².